The van der Waals surface area contributed by atoms with Gasteiger partial charge in [0.1, 0.15) is 11.6 Å². The Morgan fingerprint density at radius 3 is 1.03 bits per heavy atom. The minimum Gasteiger partial charge on any atom is -0.308 e. The molecule has 0 fully saturated rings. The Balaban J connectivity index is 1.59. The molecule has 0 spiro atoms. The van der Waals surface area contributed by atoms with E-state index in [0.29, 0.717) is 0 Å². The molecule has 0 saturated heterocycles. The highest BCUT2D eigenvalue weighted by Crippen LogP contribution is 2.46. The average molecular weight is 770 g/mol. The molecular weight excluding hydrogens is 717 g/mol. The molecule has 58 heavy (non-hydrogen) atoms. The average Bonchev–Trinajstić information content (AvgIpc) is 3.64. The monoisotopic (exact) mass is 769 g/mol. The maximum Gasteiger partial charge on any atom is 0.197 e. The fourth-order valence-electron chi connectivity index (χ4n) is 8.40. The predicted molar refractivity (Wildman–Crippen MR) is 242 cm³/mol. The summed E-state index contributed by atoms with van der Waals surface area (Å²) in [7, 11) is 0. The van der Waals surface area contributed by atoms with E-state index >= 15 is 8.78 Å². The summed E-state index contributed by atoms with van der Waals surface area (Å²) in [5.41, 5.74) is 10.1. The standard InChI is InChI=1S/C53H53F2N3/c1-50(2,3)31-17-21-43-35(25-31)36-26-32(51(4,5)6)18-22-44(36)57(43)47-29-39(49-40(54)15-14-16-41(49)55)42(56-13)30-48(47)58-45-23-19-33(52(7,8)9)27-37(45)38-28-34(53(10,11)12)20-24-46(38)58/h14-30H,1-12H3. The van der Waals surface area contributed by atoms with Gasteiger partial charge in [0.15, 0.2) is 5.69 Å². The molecule has 0 radical (unpaired) electrons. The zero-order valence-corrected chi connectivity index (χ0v) is 35.9. The summed E-state index contributed by atoms with van der Waals surface area (Å²) in [6, 6.07) is 34.3. The number of rotatable bonds is 3. The van der Waals surface area contributed by atoms with Crippen molar-refractivity contribution >= 4 is 49.3 Å². The van der Waals surface area contributed by atoms with Crippen molar-refractivity contribution in [1.82, 2.24) is 9.13 Å². The van der Waals surface area contributed by atoms with Crippen LogP contribution < -0.4 is 0 Å². The molecule has 0 atom stereocenters. The lowest BCUT2D eigenvalue weighted by molar-refractivity contribution is 0.589. The summed E-state index contributed by atoms with van der Waals surface area (Å²) in [6.45, 7) is 35.2. The molecule has 2 heterocycles. The predicted octanol–water partition coefficient (Wildman–Crippen LogP) is 15.6. The zero-order chi connectivity index (χ0) is 41.9. The lowest BCUT2D eigenvalue weighted by Gasteiger charge is -2.22. The number of benzene rings is 6. The number of hydrogen-bond donors (Lipinski definition) is 0. The van der Waals surface area contributed by atoms with E-state index in [1.807, 2.05) is 12.1 Å². The number of halogens is 2. The highest BCUT2D eigenvalue weighted by atomic mass is 19.1. The molecule has 294 valence electrons. The minimum absolute atomic E-state index is 0.0844. The number of hydrogen-bond acceptors (Lipinski definition) is 0. The maximum atomic E-state index is 15.8. The molecule has 0 unspecified atom stereocenters. The van der Waals surface area contributed by atoms with Crippen molar-refractivity contribution in [3.8, 4) is 22.5 Å². The van der Waals surface area contributed by atoms with Gasteiger partial charge in [0.2, 0.25) is 0 Å². The van der Waals surface area contributed by atoms with Gasteiger partial charge in [0.25, 0.3) is 0 Å². The van der Waals surface area contributed by atoms with Crippen molar-refractivity contribution in [2.24, 2.45) is 0 Å². The molecule has 0 aliphatic rings. The highest BCUT2D eigenvalue weighted by molar-refractivity contribution is 6.12. The number of aromatic nitrogens is 2. The van der Waals surface area contributed by atoms with Crippen molar-refractivity contribution in [3.05, 3.63) is 148 Å². The van der Waals surface area contributed by atoms with Crippen LogP contribution in [-0.4, -0.2) is 9.13 Å². The third-order valence-corrected chi connectivity index (χ3v) is 11.9. The summed E-state index contributed by atoms with van der Waals surface area (Å²) in [5, 5.41) is 4.42. The zero-order valence-electron chi connectivity index (χ0n) is 35.9. The molecule has 3 nitrogen and oxygen atoms in total. The molecule has 0 saturated carbocycles. The fraction of sp³-hybridized carbons (Fsp3) is 0.302. The Labute approximate surface area is 341 Å². The topological polar surface area (TPSA) is 14.2 Å². The van der Waals surface area contributed by atoms with E-state index in [2.05, 4.69) is 170 Å². The van der Waals surface area contributed by atoms with Crippen LogP contribution in [0.1, 0.15) is 105 Å². The van der Waals surface area contributed by atoms with Crippen LogP contribution in [0.3, 0.4) is 0 Å². The molecule has 0 aliphatic carbocycles. The second-order valence-electron chi connectivity index (χ2n) is 20.2. The Kier molecular flexibility index (Phi) is 8.87. The van der Waals surface area contributed by atoms with Crippen molar-refractivity contribution in [2.75, 3.05) is 0 Å². The van der Waals surface area contributed by atoms with Gasteiger partial charge in [-0.3, -0.25) is 0 Å². The van der Waals surface area contributed by atoms with Crippen LogP contribution in [0.5, 0.6) is 0 Å². The molecular formula is C53H53F2N3. The summed E-state index contributed by atoms with van der Waals surface area (Å²) in [4.78, 5) is 3.97. The van der Waals surface area contributed by atoms with Gasteiger partial charge in [0.05, 0.1) is 40.0 Å². The summed E-state index contributed by atoms with van der Waals surface area (Å²) >= 11 is 0. The third-order valence-electron chi connectivity index (χ3n) is 11.9. The van der Waals surface area contributed by atoms with Gasteiger partial charge in [-0.25, -0.2) is 13.6 Å². The van der Waals surface area contributed by atoms with E-state index in [1.54, 1.807) is 0 Å². The normalized spacial score (nSPS) is 13.0. The molecule has 0 amide bonds. The second-order valence-corrected chi connectivity index (χ2v) is 20.2. The first-order valence-corrected chi connectivity index (χ1v) is 20.3. The van der Waals surface area contributed by atoms with Crippen LogP contribution in [0.4, 0.5) is 14.5 Å². The lowest BCUT2D eigenvalue weighted by Crippen LogP contribution is -2.11. The van der Waals surface area contributed by atoms with Crippen molar-refractivity contribution < 1.29 is 8.78 Å². The molecule has 5 heteroatoms. The summed E-state index contributed by atoms with van der Waals surface area (Å²) < 4.78 is 36.2. The van der Waals surface area contributed by atoms with Crippen LogP contribution in [0, 0.1) is 18.2 Å². The van der Waals surface area contributed by atoms with E-state index in [9.17, 15) is 0 Å². The summed E-state index contributed by atoms with van der Waals surface area (Å²) in [6.07, 6.45) is 0. The number of nitrogens with zero attached hydrogens (tertiary/aromatic N) is 3. The van der Waals surface area contributed by atoms with Crippen molar-refractivity contribution in [3.63, 3.8) is 0 Å². The first kappa shape index (κ1) is 39.1. The van der Waals surface area contributed by atoms with Gasteiger partial charge in [0, 0.05) is 27.1 Å². The first-order chi connectivity index (χ1) is 27.1. The van der Waals surface area contributed by atoms with Crippen LogP contribution in [0.25, 0.3) is 71.0 Å². The lowest BCUT2D eigenvalue weighted by atomic mass is 9.85. The van der Waals surface area contributed by atoms with E-state index in [4.69, 9.17) is 6.57 Å². The van der Waals surface area contributed by atoms with Gasteiger partial charge in [-0.05, 0) is 122 Å². The van der Waals surface area contributed by atoms with Gasteiger partial charge < -0.3 is 9.13 Å². The second kappa shape index (κ2) is 13.1. The summed E-state index contributed by atoms with van der Waals surface area (Å²) in [5.74, 6) is -1.42. The highest BCUT2D eigenvalue weighted by Gasteiger charge is 2.27. The quantitative estimate of drug-likeness (QED) is 0.159. The van der Waals surface area contributed by atoms with Gasteiger partial charge >= 0.3 is 0 Å². The maximum absolute atomic E-state index is 15.8. The molecule has 6 aromatic carbocycles. The first-order valence-electron chi connectivity index (χ1n) is 20.3. The molecule has 0 aliphatic heterocycles. The molecule has 0 bridgehead atoms. The largest absolute Gasteiger partial charge is 0.308 e. The van der Waals surface area contributed by atoms with Crippen molar-refractivity contribution in [2.45, 2.75) is 105 Å². The van der Waals surface area contributed by atoms with E-state index in [1.165, 1.54) is 40.5 Å². The van der Waals surface area contributed by atoms with Crippen LogP contribution in [0.15, 0.2) is 103 Å². The molecule has 8 aromatic rings. The van der Waals surface area contributed by atoms with Crippen LogP contribution in [-0.2, 0) is 21.7 Å². The Morgan fingerprint density at radius 2 is 0.741 bits per heavy atom. The Hall–Kier alpha value is -5.73. The Morgan fingerprint density at radius 1 is 0.431 bits per heavy atom. The number of fused-ring (bicyclic) bond motifs is 6. The van der Waals surface area contributed by atoms with Gasteiger partial charge in [-0.15, -0.1) is 0 Å². The van der Waals surface area contributed by atoms with Crippen LogP contribution >= 0.6 is 0 Å². The fourth-order valence-corrected chi connectivity index (χ4v) is 8.40. The molecule has 0 N–H and O–H groups in total. The van der Waals surface area contributed by atoms with E-state index in [-0.39, 0.29) is 38.5 Å². The van der Waals surface area contributed by atoms with Crippen LogP contribution in [0.2, 0.25) is 0 Å². The minimum atomic E-state index is -0.711. The van der Waals surface area contributed by atoms with E-state index in [0.717, 1.165) is 55.0 Å². The molecule has 8 rings (SSSR count). The SMILES string of the molecule is [C-]#[N+]c1cc(-n2c3ccc(C(C)(C)C)cc3c3cc(C(C)(C)C)ccc32)c(-n2c3ccc(C(C)(C)C)cc3c3cc(C(C)(C)C)ccc32)cc1-c1c(F)cccc1F. The van der Waals surface area contributed by atoms with E-state index < -0.39 is 11.6 Å². The molecule has 2 aromatic heterocycles. The Bertz CT molecular complexity index is 2850. The van der Waals surface area contributed by atoms with Crippen molar-refractivity contribution in [1.29, 1.82) is 0 Å². The smallest absolute Gasteiger partial charge is 0.197 e. The van der Waals surface area contributed by atoms with Gasteiger partial charge in [-0.2, -0.15) is 0 Å². The third kappa shape index (κ3) is 6.38. The van der Waals surface area contributed by atoms with Gasteiger partial charge in [-0.1, -0.05) is 113 Å².